The first-order valence-corrected chi connectivity index (χ1v) is 41.5. The first-order chi connectivity index (χ1) is 44.9. The van der Waals surface area contributed by atoms with Crippen LogP contribution in [-0.4, -0.2) is 96.7 Å². The van der Waals surface area contributed by atoms with Crippen molar-refractivity contribution in [3.63, 3.8) is 0 Å². The quantitative estimate of drug-likeness (QED) is 0.0222. The van der Waals surface area contributed by atoms with E-state index in [0.29, 0.717) is 25.7 Å². The fourth-order valence-corrected chi connectivity index (χ4v) is 12.9. The summed E-state index contributed by atoms with van der Waals surface area (Å²) in [6, 6.07) is 0. The number of rotatable bonds is 73. The van der Waals surface area contributed by atoms with Gasteiger partial charge in [-0.25, -0.2) is 9.13 Å². The second-order valence-corrected chi connectivity index (χ2v) is 30.5. The van der Waals surface area contributed by atoms with Crippen molar-refractivity contribution in [2.24, 2.45) is 11.8 Å². The Morgan fingerprint density at radius 1 is 0.290 bits per heavy atom. The van der Waals surface area contributed by atoms with Gasteiger partial charge >= 0.3 is 39.5 Å². The predicted octanol–water partition coefficient (Wildman–Crippen LogP) is 21.6. The lowest BCUT2D eigenvalue weighted by Crippen LogP contribution is -2.30. The number of aliphatic hydroxyl groups is 1. The van der Waals surface area contributed by atoms with Gasteiger partial charge in [0.25, 0.3) is 0 Å². The van der Waals surface area contributed by atoms with E-state index in [1.54, 1.807) is 0 Å². The van der Waals surface area contributed by atoms with Crippen molar-refractivity contribution in [2.75, 3.05) is 39.6 Å². The molecule has 17 nitrogen and oxygen atoms in total. The Kier molecular flexibility index (Phi) is 64.6. The topological polar surface area (TPSA) is 237 Å². The molecule has 93 heavy (non-hydrogen) atoms. The standard InChI is InChI=1S/C74H144O17P2/c1-7-9-11-13-15-17-25-34-40-46-52-58-73(78)90-69(62-84-71(76)56-50-44-38-32-18-16-14-12-10-8-2)64-88-92(80,81)86-60-68(75)61-87-93(82,83)89-65-70(63-85-72(77)57-51-45-39-33-28-24-23-27-31-37-43-49-55-67(5)6)91-74(79)59-53-47-41-35-29-22-20-19-21-26-30-36-42-48-54-66(3)4/h66-70,75H,7-65H2,1-6H3,(H,80,81)(H,82,83)/t68-,69+,70+/m0/s1. The van der Waals surface area contributed by atoms with Gasteiger partial charge in [0.05, 0.1) is 26.4 Å². The van der Waals surface area contributed by atoms with Crippen LogP contribution in [0.15, 0.2) is 0 Å². The van der Waals surface area contributed by atoms with Crippen molar-refractivity contribution in [1.29, 1.82) is 0 Å². The molecule has 0 saturated carbocycles. The van der Waals surface area contributed by atoms with Gasteiger partial charge in [-0.2, -0.15) is 0 Å². The van der Waals surface area contributed by atoms with Gasteiger partial charge in [-0.05, 0) is 37.5 Å². The van der Waals surface area contributed by atoms with Gasteiger partial charge in [0.15, 0.2) is 12.2 Å². The highest BCUT2D eigenvalue weighted by molar-refractivity contribution is 7.47. The molecule has 19 heteroatoms. The van der Waals surface area contributed by atoms with E-state index in [-0.39, 0.29) is 25.7 Å². The Labute approximate surface area is 568 Å². The summed E-state index contributed by atoms with van der Waals surface area (Å²) in [5.74, 6) is -0.540. The molecule has 0 rings (SSSR count). The van der Waals surface area contributed by atoms with E-state index in [2.05, 4.69) is 41.5 Å². The molecule has 0 spiro atoms. The Balaban J connectivity index is 5.24. The summed E-state index contributed by atoms with van der Waals surface area (Å²) in [5, 5.41) is 10.6. The zero-order valence-electron chi connectivity index (χ0n) is 60.6. The number of carbonyl (C=O) groups is 4. The number of esters is 4. The zero-order chi connectivity index (χ0) is 68.6. The number of hydrogen-bond acceptors (Lipinski definition) is 15. The normalized spacial score (nSPS) is 14.1. The molecule has 0 bridgehead atoms. The van der Waals surface area contributed by atoms with Crippen LogP contribution in [0.1, 0.15) is 382 Å². The maximum atomic E-state index is 13.1. The molecule has 0 aliphatic heterocycles. The molecule has 3 N–H and O–H groups in total. The van der Waals surface area contributed by atoms with Crippen molar-refractivity contribution in [3.05, 3.63) is 0 Å². The van der Waals surface area contributed by atoms with Gasteiger partial charge in [0.2, 0.25) is 0 Å². The number of unbranched alkanes of at least 4 members (excludes halogenated alkanes) is 43. The third-order valence-corrected chi connectivity index (χ3v) is 19.1. The minimum Gasteiger partial charge on any atom is -0.462 e. The number of phosphoric ester groups is 2. The third-order valence-electron chi connectivity index (χ3n) is 17.2. The van der Waals surface area contributed by atoms with E-state index >= 15 is 0 Å². The van der Waals surface area contributed by atoms with E-state index in [9.17, 15) is 43.2 Å². The van der Waals surface area contributed by atoms with E-state index < -0.39 is 97.5 Å². The lowest BCUT2D eigenvalue weighted by molar-refractivity contribution is -0.161. The van der Waals surface area contributed by atoms with Gasteiger partial charge in [-0.1, -0.05) is 330 Å². The molecule has 0 aliphatic rings. The van der Waals surface area contributed by atoms with Crippen molar-refractivity contribution < 1.29 is 80.2 Å². The molecule has 0 radical (unpaired) electrons. The summed E-state index contributed by atoms with van der Waals surface area (Å²) in [7, 11) is -9.90. The molecule has 0 fully saturated rings. The van der Waals surface area contributed by atoms with Crippen molar-refractivity contribution in [1.82, 2.24) is 0 Å². The largest absolute Gasteiger partial charge is 0.472 e. The first kappa shape index (κ1) is 91.1. The molecular weight excluding hydrogens is 1220 g/mol. The highest BCUT2D eigenvalue weighted by atomic mass is 31.2. The molecule has 0 aromatic carbocycles. The number of aliphatic hydroxyl groups excluding tert-OH is 1. The number of phosphoric acid groups is 2. The van der Waals surface area contributed by atoms with Crippen molar-refractivity contribution >= 4 is 39.5 Å². The van der Waals surface area contributed by atoms with Crippen LogP contribution in [0.4, 0.5) is 0 Å². The summed E-state index contributed by atoms with van der Waals surface area (Å²) in [4.78, 5) is 72.7. The van der Waals surface area contributed by atoms with Crippen LogP contribution in [-0.2, 0) is 65.4 Å². The Hall–Kier alpha value is -1.94. The lowest BCUT2D eigenvalue weighted by Gasteiger charge is -2.21. The summed E-state index contributed by atoms with van der Waals surface area (Å²) >= 11 is 0. The number of carbonyl (C=O) groups excluding carboxylic acids is 4. The first-order valence-electron chi connectivity index (χ1n) is 38.5. The molecule has 0 heterocycles. The van der Waals surface area contributed by atoms with Crippen LogP contribution in [0.2, 0.25) is 0 Å². The van der Waals surface area contributed by atoms with Gasteiger partial charge in [0.1, 0.15) is 19.3 Å². The van der Waals surface area contributed by atoms with Crippen LogP contribution in [0.3, 0.4) is 0 Å². The van der Waals surface area contributed by atoms with Crippen LogP contribution in [0, 0.1) is 11.8 Å². The zero-order valence-corrected chi connectivity index (χ0v) is 62.3. The van der Waals surface area contributed by atoms with E-state index in [0.717, 1.165) is 102 Å². The second kappa shape index (κ2) is 66.0. The smallest absolute Gasteiger partial charge is 0.462 e. The van der Waals surface area contributed by atoms with Gasteiger partial charge < -0.3 is 33.8 Å². The fourth-order valence-electron chi connectivity index (χ4n) is 11.3. The van der Waals surface area contributed by atoms with Crippen LogP contribution < -0.4 is 0 Å². The van der Waals surface area contributed by atoms with E-state index in [1.165, 1.54) is 199 Å². The Bertz CT molecular complexity index is 1800. The van der Waals surface area contributed by atoms with Gasteiger partial charge in [-0.3, -0.25) is 37.3 Å². The molecular formula is C74H144O17P2. The fraction of sp³-hybridized carbons (Fsp3) is 0.946. The second-order valence-electron chi connectivity index (χ2n) is 27.6. The summed E-state index contributed by atoms with van der Waals surface area (Å²) in [6.07, 6.45) is 52.6. The Morgan fingerprint density at radius 2 is 0.495 bits per heavy atom. The predicted molar refractivity (Wildman–Crippen MR) is 377 cm³/mol. The van der Waals surface area contributed by atoms with Crippen LogP contribution in [0.5, 0.6) is 0 Å². The molecule has 0 amide bonds. The molecule has 5 atom stereocenters. The maximum Gasteiger partial charge on any atom is 0.472 e. The minimum atomic E-state index is -4.96. The number of hydrogen-bond donors (Lipinski definition) is 3. The third kappa shape index (κ3) is 68.4. The summed E-state index contributed by atoms with van der Waals surface area (Å²) in [6.45, 7) is 9.61. The highest BCUT2D eigenvalue weighted by Crippen LogP contribution is 2.45. The summed E-state index contributed by atoms with van der Waals surface area (Å²) < 4.78 is 68.4. The van der Waals surface area contributed by atoms with Crippen LogP contribution >= 0.6 is 15.6 Å². The van der Waals surface area contributed by atoms with Gasteiger partial charge in [-0.15, -0.1) is 0 Å². The van der Waals surface area contributed by atoms with E-state index in [1.807, 2.05) is 0 Å². The molecule has 2 unspecified atom stereocenters. The van der Waals surface area contributed by atoms with E-state index in [4.69, 9.17) is 37.0 Å². The summed E-state index contributed by atoms with van der Waals surface area (Å²) in [5.41, 5.74) is 0. The SMILES string of the molecule is CCCCCCCCCCCCCC(=O)O[C@H](COC(=O)CCCCCCCCCCCC)COP(=O)(O)OC[C@H](O)COP(=O)(O)OC[C@@H](COC(=O)CCCCCCCCCCCCCCC(C)C)OC(=O)CCCCCCCCCCCCCCCCC(C)C. The molecule has 0 saturated heterocycles. The average Bonchev–Trinajstić information content (AvgIpc) is 2.99. The minimum absolute atomic E-state index is 0.107. The average molecular weight is 1370 g/mol. The lowest BCUT2D eigenvalue weighted by atomic mass is 10.0. The van der Waals surface area contributed by atoms with Crippen molar-refractivity contribution in [3.8, 4) is 0 Å². The monoisotopic (exact) mass is 1370 g/mol. The molecule has 0 aromatic heterocycles. The van der Waals surface area contributed by atoms with Gasteiger partial charge in [0, 0.05) is 25.7 Å². The molecule has 0 aliphatic carbocycles. The Morgan fingerprint density at radius 3 is 0.731 bits per heavy atom. The maximum absolute atomic E-state index is 13.1. The van der Waals surface area contributed by atoms with Crippen molar-refractivity contribution in [2.45, 2.75) is 400 Å². The van der Waals surface area contributed by atoms with Crippen LogP contribution in [0.25, 0.3) is 0 Å². The molecule has 0 aromatic rings. The highest BCUT2D eigenvalue weighted by Gasteiger charge is 2.30. The molecule has 552 valence electrons. The number of ether oxygens (including phenoxy) is 4.